The smallest absolute Gasteiger partial charge is 0.303 e. The van der Waals surface area contributed by atoms with Crippen LogP contribution in [0.2, 0.25) is 0 Å². The number of phenolic OH excluding ortho intramolecular Hbond substituents is 1. The minimum absolute atomic E-state index is 0.100. The molecule has 5 nitrogen and oxygen atoms in total. The number of phenols is 1. The van der Waals surface area contributed by atoms with Crippen molar-refractivity contribution >= 4 is 17.5 Å². The van der Waals surface area contributed by atoms with Crippen LogP contribution in [-0.2, 0) is 14.4 Å². The van der Waals surface area contributed by atoms with Crippen LogP contribution < -0.4 is 0 Å². The van der Waals surface area contributed by atoms with E-state index in [2.05, 4.69) is 0 Å². The molecule has 0 saturated carbocycles. The van der Waals surface area contributed by atoms with E-state index in [1.807, 2.05) is 0 Å². The molecule has 0 radical (unpaired) electrons. The maximum absolute atomic E-state index is 13.0. The lowest BCUT2D eigenvalue weighted by atomic mass is 9.75. The highest BCUT2D eigenvalue weighted by atomic mass is 16.4. The van der Waals surface area contributed by atoms with Crippen molar-refractivity contribution in [2.45, 2.75) is 58.8 Å². The zero-order valence-electron chi connectivity index (χ0n) is 16.0. The molecule has 1 aromatic rings. The van der Waals surface area contributed by atoms with Gasteiger partial charge in [-0.15, -0.1) is 0 Å². The second-order valence-corrected chi connectivity index (χ2v) is 7.08. The molecule has 0 aromatic heterocycles. The second kappa shape index (κ2) is 8.80. The average molecular weight is 370 g/mol. The largest absolute Gasteiger partial charge is 0.508 e. The number of ketones is 2. The number of aromatic hydroxyl groups is 1. The van der Waals surface area contributed by atoms with E-state index in [4.69, 9.17) is 5.11 Å². The molecule has 1 aliphatic carbocycles. The molecule has 0 unspecified atom stereocenters. The zero-order chi connectivity index (χ0) is 20.1. The van der Waals surface area contributed by atoms with Crippen molar-refractivity contribution in [3.8, 4) is 5.75 Å². The van der Waals surface area contributed by atoms with E-state index in [1.165, 1.54) is 0 Å². The molecule has 0 heterocycles. The first-order valence-corrected chi connectivity index (χ1v) is 9.22. The molecule has 0 amide bonds. The molecule has 0 spiro atoms. The molecule has 0 aliphatic heterocycles. The first-order chi connectivity index (χ1) is 12.7. The predicted octanol–water partition coefficient (Wildman–Crippen LogP) is 4.32. The van der Waals surface area contributed by atoms with Gasteiger partial charge >= 0.3 is 5.97 Å². The third-order valence-electron chi connectivity index (χ3n) is 5.26. The molecule has 27 heavy (non-hydrogen) atoms. The van der Waals surface area contributed by atoms with Gasteiger partial charge in [0.15, 0.2) is 11.6 Å². The van der Waals surface area contributed by atoms with Gasteiger partial charge in [0, 0.05) is 34.6 Å². The molecule has 5 heteroatoms. The van der Waals surface area contributed by atoms with Gasteiger partial charge in [-0.3, -0.25) is 14.4 Å². The van der Waals surface area contributed by atoms with Gasteiger partial charge in [-0.2, -0.15) is 0 Å². The van der Waals surface area contributed by atoms with Crippen molar-refractivity contribution in [3.63, 3.8) is 0 Å². The molecule has 2 rings (SSSR count). The Balaban J connectivity index is 2.32. The summed E-state index contributed by atoms with van der Waals surface area (Å²) in [6.07, 6.45) is 2.84. The van der Waals surface area contributed by atoms with Crippen molar-refractivity contribution in [1.82, 2.24) is 0 Å². The summed E-state index contributed by atoms with van der Waals surface area (Å²) in [7, 11) is 0. The fourth-order valence-corrected chi connectivity index (χ4v) is 3.52. The number of carbonyl (C=O) groups is 3. The zero-order valence-corrected chi connectivity index (χ0v) is 16.0. The maximum Gasteiger partial charge on any atom is 0.303 e. The van der Waals surface area contributed by atoms with E-state index in [9.17, 15) is 19.5 Å². The fraction of sp³-hybridized carbons (Fsp3) is 0.409. The molecule has 144 valence electrons. The number of hydrogen-bond donors (Lipinski definition) is 2. The average Bonchev–Trinajstić information content (AvgIpc) is 2.63. The van der Waals surface area contributed by atoms with Crippen LogP contribution in [0.25, 0.3) is 0 Å². The molecule has 1 aromatic carbocycles. The van der Waals surface area contributed by atoms with Crippen LogP contribution in [0.15, 0.2) is 46.6 Å². The van der Waals surface area contributed by atoms with Gasteiger partial charge in [0.05, 0.1) is 0 Å². The molecule has 0 bridgehead atoms. The highest BCUT2D eigenvalue weighted by Crippen LogP contribution is 2.38. The number of carbonyl (C=O) groups excluding carboxylic acids is 2. The second-order valence-electron chi connectivity index (χ2n) is 7.08. The van der Waals surface area contributed by atoms with Gasteiger partial charge in [0.25, 0.3) is 0 Å². The molecular weight excluding hydrogens is 344 g/mol. The number of allylic oxidation sites excluding steroid dienone is 4. The number of benzene rings is 1. The molecule has 1 atom stereocenters. The van der Waals surface area contributed by atoms with Gasteiger partial charge in [-0.1, -0.05) is 25.0 Å². The Morgan fingerprint density at radius 2 is 1.48 bits per heavy atom. The highest BCUT2D eigenvalue weighted by molar-refractivity contribution is 6.25. The highest BCUT2D eigenvalue weighted by Gasteiger charge is 2.33. The third-order valence-corrected chi connectivity index (χ3v) is 5.26. The van der Waals surface area contributed by atoms with E-state index in [1.54, 1.807) is 45.0 Å². The standard InChI is InChI=1S/C22H26O5/c1-13-14(2)22(27)20(15(3)21(13)26)18(7-5-4-6-8-19(24)25)16-9-11-17(23)12-10-16/h9-12,18,23H,4-8H2,1-3H3,(H,24,25)/t18-/m0/s1. The molecule has 0 fully saturated rings. The number of carboxylic acid groups (broad SMARTS) is 1. The normalized spacial score (nSPS) is 16.1. The summed E-state index contributed by atoms with van der Waals surface area (Å²) in [5, 5.41) is 18.3. The lowest BCUT2D eigenvalue weighted by Crippen LogP contribution is -2.24. The summed E-state index contributed by atoms with van der Waals surface area (Å²) >= 11 is 0. The number of unbranched alkanes of at least 4 members (excludes halogenated alkanes) is 2. The minimum atomic E-state index is -0.812. The summed E-state index contributed by atoms with van der Waals surface area (Å²) in [6, 6.07) is 6.70. The first-order valence-electron chi connectivity index (χ1n) is 9.22. The number of carboxylic acids is 1. The van der Waals surface area contributed by atoms with E-state index in [0.29, 0.717) is 35.1 Å². The van der Waals surface area contributed by atoms with Gasteiger partial charge < -0.3 is 10.2 Å². The van der Waals surface area contributed by atoms with Crippen LogP contribution in [-0.4, -0.2) is 27.7 Å². The van der Waals surface area contributed by atoms with Crippen molar-refractivity contribution in [1.29, 1.82) is 0 Å². The Morgan fingerprint density at radius 3 is 2.07 bits per heavy atom. The number of hydrogen-bond acceptors (Lipinski definition) is 4. The van der Waals surface area contributed by atoms with Crippen molar-refractivity contribution in [3.05, 3.63) is 52.1 Å². The summed E-state index contributed by atoms with van der Waals surface area (Å²) in [5.41, 5.74) is 2.84. The lowest BCUT2D eigenvalue weighted by molar-refractivity contribution is -0.137. The Kier molecular flexibility index (Phi) is 6.72. The van der Waals surface area contributed by atoms with Crippen LogP contribution in [0.5, 0.6) is 5.75 Å². The van der Waals surface area contributed by atoms with Crippen molar-refractivity contribution in [2.75, 3.05) is 0 Å². The van der Waals surface area contributed by atoms with E-state index in [0.717, 1.165) is 18.4 Å². The number of rotatable bonds is 8. The minimum Gasteiger partial charge on any atom is -0.508 e. The number of aliphatic carboxylic acids is 1. The van der Waals surface area contributed by atoms with Crippen LogP contribution in [0.4, 0.5) is 0 Å². The summed E-state index contributed by atoms with van der Waals surface area (Å²) < 4.78 is 0. The van der Waals surface area contributed by atoms with E-state index < -0.39 is 5.97 Å². The molecule has 2 N–H and O–H groups in total. The number of Topliss-reactive ketones (excluding diaryl/α,β-unsaturated/α-hetero) is 2. The summed E-state index contributed by atoms with van der Waals surface area (Å²) in [5.74, 6) is -1.13. The van der Waals surface area contributed by atoms with Gasteiger partial charge in [0.2, 0.25) is 0 Å². The fourth-order valence-electron chi connectivity index (χ4n) is 3.52. The summed E-state index contributed by atoms with van der Waals surface area (Å²) in [6.45, 7) is 5.06. The van der Waals surface area contributed by atoms with Gasteiger partial charge in [-0.05, 0) is 51.3 Å². The van der Waals surface area contributed by atoms with Crippen molar-refractivity contribution < 1.29 is 24.6 Å². The van der Waals surface area contributed by atoms with Crippen molar-refractivity contribution in [2.24, 2.45) is 0 Å². The maximum atomic E-state index is 13.0. The van der Waals surface area contributed by atoms with Gasteiger partial charge in [0.1, 0.15) is 5.75 Å². The summed E-state index contributed by atoms with van der Waals surface area (Å²) in [4.78, 5) is 36.2. The van der Waals surface area contributed by atoms with Crippen LogP contribution in [0.3, 0.4) is 0 Å². The van der Waals surface area contributed by atoms with Crippen LogP contribution in [0, 0.1) is 0 Å². The predicted molar refractivity (Wildman–Crippen MR) is 103 cm³/mol. The van der Waals surface area contributed by atoms with Gasteiger partial charge in [-0.25, -0.2) is 0 Å². The Labute approximate surface area is 159 Å². The van der Waals surface area contributed by atoms with E-state index >= 15 is 0 Å². The Bertz CT molecular complexity index is 812. The topological polar surface area (TPSA) is 91.7 Å². The van der Waals surface area contributed by atoms with Crippen LogP contribution in [0.1, 0.15) is 64.4 Å². The molecular formula is C22H26O5. The third kappa shape index (κ3) is 4.73. The van der Waals surface area contributed by atoms with Crippen LogP contribution >= 0.6 is 0 Å². The first kappa shape index (κ1) is 20.6. The lowest BCUT2D eigenvalue weighted by Gasteiger charge is -2.26. The Morgan fingerprint density at radius 1 is 0.889 bits per heavy atom. The monoisotopic (exact) mass is 370 g/mol. The molecule has 0 saturated heterocycles. The molecule has 1 aliphatic rings. The quantitative estimate of drug-likeness (QED) is 0.525. The Hall–Kier alpha value is -2.69. The van der Waals surface area contributed by atoms with E-state index in [-0.39, 0.29) is 29.7 Å². The SMILES string of the molecule is CC1=C(C)C(=O)C([C@@H](CCCCCC(=O)O)c2ccc(O)cc2)=C(C)C1=O.